The fraction of sp³-hybridized carbons (Fsp3) is 0.176. The summed E-state index contributed by atoms with van der Waals surface area (Å²) in [6.45, 7) is 4.61. The van der Waals surface area contributed by atoms with Crippen molar-refractivity contribution in [2.75, 3.05) is 13.2 Å². The summed E-state index contributed by atoms with van der Waals surface area (Å²) >= 11 is 7.35. The highest BCUT2D eigenvalue weighted by Crippen LogP contribution is 2.31. The van der Waals surface area contributed by atoms with Crippen LogP contribution in [0, 0.1) is 10.1 Å². The van der Waals surface area contributed by atoms with Crippen LogP contribution >= 0.6 is 22.9 Å². The van der Waals surface area contributed by atoms with Gasteiger partial charge in [-0.15, -0.1) is 17.9 Å². The number of hydrogen-bond donors (Lipinski definition) is 0. The Kier molecular flexibility index (Phi) is 5.17. The van der Waals surface area contributed by atoms with Crippen LogP contribution < -0.4 is 0 Å². The fourth-order valence-electron chi connectivity index (χ4n) is 2.81. The van der Waals surface area contributed by atoms with Gasteiger partial charge in [-0.2, -0.15) is 0 Å². The number of rotatable bonds is 7. The van der Waals surface area contributed by atoms with Crippen LogP contribution in [-0.2, 0) is 6.54 Å². The minimum absolute atomic E-state index is 0.00500. The number of nitrogens with zero attached hydrogens (tertiary/aromatic N) is 3. The van der Waals surface area contributed by atoms with Crippen LogP contribution in [0.5, 0.6) is 0 Å². The third-order valence-corrected chi connectivity index (χ3v) is 5.13. The number of hydrogen-bond acceptors (Lipinski definition) is 6. The summed E-state index contributed by atoms with van der Waals surface area (Å²) in [5.41, 5.74) is -0.453. The van der Waals surface area contributed by atoms with E-state index < -0.39 is 16.7 Å². The fourth-order valence-corrected chi connectivity index (χ4v) is 3.94. The molecule has 0 aliphatic carbocycles. The van der Waals surface area contributed by atoms with Crippen LogP contribution in [0.15, 0.2) is 43.0 Å². The Balaban J connectivity index is 1.85. The number of benzene rings is 1. The molecule has 0 atom stereocenters. The standard InChI is InChI=1S/C17H14ClN3O4S/c1-2-8-19(9-11-6-7-14(18)26-11)10-20-16(22)12-4-3-5-13(21(24)25)15(12)17(20)23/h2-7H,1,8-10H2. The Morgan fingerprint density at radius 1 is 1.27 bits per heavy atom. The topological polar surface area (TPSA) is 83.8 Å². The van der Waals surface area contributed by atoms with E-state index in [1.54, 1.807) is 12.1 Å². The molecule has 7 nitrogen and oxygen atoms in total. The monoisotopic (exact) mass is 391 g/mol. The number of thiophene rings is 1. The third-order valence-electron chi connectivity index (χ3n) is 3.91. The largest absolute Gasteiger partial charge is 0.282 e. The van der Waals surface area contributed by atoms with Crippen LogP contribution in [0.25, 0.3) is 0 Å². The van der Waals surface area contributed by atoms with E-state index in [-0.39, 0.29) is 23.5 Å². The first-order chi connectivity index (χ1) is 12.4. The van der Waals surface area contributed by atoms with Crippen LogP contribution in [0.4, 0.5) is 5.69 Å². The number of fused-ring (bicyclic) bond motifs is 1. The molecule has 1 aliphatic rings. The molecule has 2 aromatic rings. The van der Waals surface area contributed by atoms with Crippen molar-refractivity contribution < 1.29 is 14.5 Å². The van der Waals surface area contributed by atoms with Crippen LogP contribution in [0.3, 0.4) is 0 Å². The van der Waals surface area contributed by atoms with Gasteiger partial charge in [-0.25, -0.2) is 0 Å². The Bertz CT molecular complexity index is 911. The molecule has 0 saturated carbocycles. The lowest BCUT2D eigenvalue weighted by molar-refractivity contribution is -0.385. The maximum absolute atomic E-state index is 12.7. The molecule has 0 spiro atoms. The van der Waals surface area contributed by atoms with Gasteiger partial charge in [-0.05, 0) is 18.2 Å². The normalized spacial score (nSPS) is 13.4. The quantitative estimate of drug-likeness (QED) is 0.312. The van der Waals surface area contributed by atoms with E-state index in [0.717, 1.165) is 9.78 Å². The highest BCUT2D eigenvalue weighted by molar-refractivity contribution is 7.16. The minimum atomic E-state index is -0.657. The predicted octanol–water partition coefficient (Wildman–Crippen LogP) is 3.55. The van der Waals surface area contributed by atoms with Crippen LogP contribution in [-0.4, -0.2) is 39.8 Å². The lowest BCUT2D eigenvalue weighted by atomic mass is 10.1. The van der Waals surface area contributed by atoms with Gasteiger partial charge in [0.15, 0.2) is 0 Å². The number of halogens is 1. The molecule has 26 heavy (non-hydrogen) atoms. The Morgan fingerprint density at radius 2 is 2.04 bits per heavy atom. The van der Waals surface area contributed by atoms with Gasteiger partial charge in [0, 0.05) is 24.0 Å². The molecule has 2 heterocycles. The molecule has 2 amide bonds. The molecule has 0 unspecified atom stereocenters. The van der Waals surface area contributed by atoms with Crippen molar-refractivity contribution in [3.63, 3.8) is 0 Å². The molecule has 9 heteroatoms. The molecule has 0 radical (unpaired) electrons. The van der Waals surface area contributed by atoms with Gasteiger partial charge in [-0.1, -0.05) is 23.7 Å². The number of carbonyl (C=O) groups is 2. The molecule has 0 N–H and O–H groups in total. The SMILES string of the molecule is C=CCN(Cc1ccc(Cl)s1)CN1C(=O)c2cccc([N+](=O)[O-])c2C1=O. The van der Waals surface area contributed by atoms with Gasteiger partial charge in [0.2, 0.25) is 0 Å². The number of nitro benzene ring substituents is 1. The van der Waals surface area contributed by atoms with Crippen molar-refractivity contribution in [2.24, 2.45) is 0 Å². The van der Waals surface area contributed by atoms with Crippen molar-refractivity contribution in [3.05, 3.63) is 73.4 Å². The van der Waals surface area contributed by atoms with Gasteiger partial charge in [0.25, 0.3) is 17.5 Å². The summed E-state index contributed by atoms with van der Waals surface area (Å²) in [6.07, 6.45) is 1.66. The van der Waals surface area contributed by atoms with Gasteiger partial charge >= 0.3 is 0 Å². The average Bonchev–Trinajstić information content (AvgIpc) is 3.11. The van der Waals surface area contributed by atoms with Crippen molar-refractivity contribution in [3.8, 4) is 0 Å². The number of nitro groups is 1. The Hall–Kier alpha value is -2.55. The third kappa shape index (κ3) is 3.39. The molecule has 1 aromatic heterocycles. The molecule has 3 rings (SSSR count). The summed E-state index contributed by atoms with van der Waals surface area (Å²) < 4.78 is 0.648. The maximum atomic E-state index is 12.7. The number of carbonyl (C=O) groups excluding carboxylic acids is 2. The van der Waals surface area contributed by atoms with Crippen molar-refractivity contribution in [1.29, 1.82) is 0 Å². The second-order valence-electron chi connectivity index (χ2n) is 5.64. The van der Waals surface area contributed by atoms with E-state index in [9.17, 15) is 19.7 Å². The van der Waals surface area contributed by atoms with Gasteiger partial charge in [0.1, 0.15) is 5.56 Å². The number of amides is 2. The van der Waals surface area contributed by atoms with E-state index in [0.29, 0.717) is 17.4 Å². The van der Waals surface area contributed by atoms with Gasteiger partial charge in [0.05, 0.1) is 21.5 Å². The summed E-state index contributed by atoms with van der Waals surface area (Å²) in [5.74, 6) is -1.19. The van der Waals surface area contributed by atoms with E-state index in [4.69, 9.17) is 11.6 Å². The summed E-state index contributed by atoms with van der Waals surface area (Å²) in [5, 5.41) is 11.2. The second kappa shape index (κ2) is 7.36. The number of imide groups is 1. The summed E-state index contributed by atoms with van der Waals surface area (Å²) in [4.78, 5) is 39.6. The van der Waals surface area contributed by atoms with E-state index in [2.05, 4.69) is 6.58 Å². The van der Waals surface area contributed by atoms with E-state index in [1.165, 1.54) is 29.5 Å². The second-order valence-corrected chi connectivity index (χ2v) is 7.44. The molecule has 0 saturated heterocycles. The minimum Gasteiger partial charge on any atom is -0.277 e. The summed E-state index contributed by atoms with van der Waals surface area (Å²) in [7, 11) is 0. The zero-order valence-corrected chi connectivity index (χ0v) is 15.1. The van der Waals surface area contributed by atoms with Crippen LogP contribution in [0.1, 0.15) is 25.6 Å². The molecular formula is C17H14ClN3O4S. The highest BCUT2D eigenvalue weighted by Gasteiger charge is 2.41. The molecule has 1 aliphatic heterocycles. The first-order valence-corrected chi connectivity index (χ1v) is 8.83. The lowest BCUT2D eigenvalue weighted by Crippen LogP contribution is -2.41. The van der Waals surface area contributed by atoms with Crippen molar-refractivity contribution >= 4 is 40.4 Å². The molecule has 0 bridgehead atoms. The lowest BCUT2D eigenvalue weighted by Gasteiger charge is -2.25. The van der Waals surface area contributed by atoms with Crippen LogP contribution in [0.2, 0.25) is 4.34 Å². The zero-order valence-electron chi connectivity index (χ0n) is 13.6. The molecule has 134 valence electrons. The highest BCUT2D eigenvalue weighted by atomic mass is 35.5. The zero-order chi connectivity index (χ0) is 18.8. The summed E-state index contributed by atoms with van der Waals surface area (Å²) in [6, 6.07) is 7.71. The average molecular weight is 392 g/mol. The Labute approximate surface area is 158 Å². The van der Waals surface area contributed by atoms with Crippen molar-refractivity contribution in [1.82, 2.24) is 9.80 Å². The maximum Gasteiger partial charge on any atom is 0.282 e. The first kappa shape index (κ1) is 18.2. The van der Waals surface area contributed by atoms with Gasteiger partial charge in [-0.3, -0.25) is 29.5 Å². The van der Waals surface area contributed by atoms with E-state index >= 15 is 0 Å². The Morgan fingerprint density at radius 3 is 2.65 bits per heavy atom. The first-order valence-electron chi connectivity index (χ1n) is 7.63. The molecule has 1 aromatic carbocycles. The van der Waals surface area contributed by atoms with Gasteiger partial charge < -0.3 is 0 Å². The molecule has 0 fully saturated rings. The van der Waals surface area contributed by atoms with E-state index in [1.807, 2.05) is 11.0 Å². The smallest absolute Gasteiger partial charge is 0.277 e. The molecular weight excluding hydrogens is 378 g/mol. The van der Waals surface area contributed by atoms with Crippen molar-refractivity contribution in [2.45, 2.75) is 6.54 Å². The predicted molar refractivity (Wildman–Crippen MR) is 98.4 cm³/mol.